The normalized spacial score (nSPS) is 23.6. The van der Waals surface area contributed by atoms with Gasteiger partial charge in [-0.3, -0.25) is 4.79 Å². The van der Waals surface area contributed by atoms with E-state index < -0.39 is 5.60 Å². The van der Waals surface area contributed by atoms with E-state index in [1.807, 2.05) is 37.3 Å². The molecule has 0 bridgehead atoms. The van der Waals surface area contributed by atoms with E-state index in [9.17, 15) is 4.79 Å². The van der Waals surface area contributed by atoms with E-state index >= 15 is 0 Å². The Kier molecular flexibility index (Phi) is 5.51. The largest absolute Gasteiger partial charge is 0.352 e. The van der Waals surface area contributed by atoms with Crippen LogP contribution in [0, 0.1) is 0 Å². The number of benzene rings is 2. The molecule has 2 aromatic rings. The topological polar surface area (TPSA) is 47.6 Å². The van der Waals surface area contributed by atoms with Crippen molar-refractivity contribution in [2.75, 3.05) is 0 Å². The zero-order valence-electron chi connectivity index (χ0n) is 16.6. The molecule has 4 rings (SSSR count). The van der Waals surface area contributed by atoms with E-state index in [4.69, 9.17) is 9.78 Å². The third-order valence-electron chi connectivity index (χ3n) is 5.94. The summed E-state index contributed by atoms with van der Waals surface area (Å²) in [5.74, 6) is 0.00377. The maximum absolute atomic E-state index is 12.6. The molecule has 1 atom stereocenters. The highest BCUT2D eigenvalue weighted by Gasteiger charge is 2.50. The molecule has 0 radical (unpaired) electrons. The van der Waals surface area contributed by atoms with Gasteiger partial charge in [-0.05, 0) is 42.5 Å². The van der Waals surface area contributed by atoms with Crippen LogP contribution in [0.15, 0.2) is 54.6 Å². The Labute approximate surface area is 167 Å². The van der Waals surface area contributed by atoms with Gasteiger partial charge < -0.3 is 5.32 Å². The minimum absolute atomic E-state index is 0.00377. The first-order valence-electron chi connectivity index (χ1n) is 10.3. The van der Waals surface area contributed by atoms with E-state index in [1.165, 1.54) is 24.8 Å². The average Bonchev–Trinajstić information content (AvgIpc) is 3.03. The van der Waals surface area contributed by atoms with Crippen molar-refractivity contribution in [3.63, 3.8) is 0 Å². The van der Waals surface area contributed by atoms with Gasteiger partial charge in [0, 0.05) is 13.0 Å². The Morgan fingerprint density at radius 1 is 0.964 bits per heavy atom. The van der Waals surface area contributed by atoms with E-state index in [0.717, 1.165) is 30.4 Å². The molecule has 1 heterocycles. The molecule has 2 fully saturated rings. The Hall–Kier alpha value is -2.17. The summed E-state index contributed by atoms with van der Waals surface area (Å²) in [7, 11) is 0. The van der Waals surface area contributed by atoms with Gasteiger partial charge in [-0.15, -0.1) is 0 Å². The van der Waals surface area contributed by atoms with Gasteiger partial charge in [0.2, 0.25) is 5.91 Å². The summed E-state index contributed by atoms with van der Waals surface area (Å²) in [5, 5.41) is 3.05. The predicted octanol–water partition coefficient (Wildman–Crippen LogP) is 5.17. The fourth-order valence-electron chi connectivity index (χ4n) is 4.57. The first-order valence-corrected chi connectivity index (χ1v) is 10.3. The number of carbonyl (C=O) groups excluding carboxylic acids is 1. The van der Waals surface area contributed by atoms with Gasteiger partial charge in [-0.2, -0.15) is 0 Å². The number of hydrogen-bond donors (Lipinski definition) is 1. The van der Waals surface area contributed by atoms with Crippen LogP contribution in [0.2, 0.25) is 0 Å². The van der Waals surface area contributed by atoms with Crippen LogP contribution in [-0.2, 0) is 21.1 Å². The van der Waals surface area contributed by atoms with E-state index in [0.29, 0.717) is 13.0 Å². The summed E-state index contributed by atoms with van der Waals surface area (Å²) in [5.41, 5.74) is 2.72. The lowest BCUT2D eigenvalue weighted by Crippen LogP contribution is -2.37. The van der Waals surface area contributed by atoms with Gasteiger partial charge >= 0.3 is 0 Å². The number of carbonyl (C=O) groups is 1. The van der Waals surface area contributed by atoms with Crippen molar-refractivity contribution in [2.45, 2.75) is 69.6 Å². The molecule has 1 saturated carbocycles. The molecule has 28 heavy (non-hydrogen) atoms. The molecule has 148 valence electrons. The molecule has 1 unspecified atom stereocenters. The second kappa shape index (κ2) is 8.06. The predicted molar refractivity (Wildman–Crippen MR) is 109 cm³/mol. The SMILES string of the molecule is CC1(CC(=O)NCc2cccc(-c3ccccc3)c2)CC2(CCCCC2)OO1. The number of rotatable bonds is 5. The third kappa shape index (κ3) is 4.45. The van der Waals surface area contributed by atoms with Gasteiger partial charge in [0.25, 0.3) is 0 Å². The minimum Gasteiger partial charge on any atom is -0.352 e. The molecule has 1 aliphatic carbocycles. The van der Waals surface area contributed by atoms with Gasteiger partial charge in [-0.25, -0.2) is 9.78 Å². The van der Waals surface area contributed by atoms with E-state index in [-0.39, 0.29) is 11.5 Å². The van der Waals surface area contributed by atoms with E-state index in [2.05, 4.69) is 29.6 Å². The maximum Gasteiger partial charge on any atom is 0.223 e. The Balaban J connectivity index is 1.32. The van der Waals surface area contributed by atoms with Crippen molar-refractivity contribution in [1.29, 1.82) is 0 Å². The van der Waals surface area contributed by atoms with Gasteiger partial charge in [0.1, 0.15) is 11.2 Å². The van der Waals surface area contributed by atoms with Crippen molar-refractivity contribution in [3.05, 3.63) is 60.2 Å². The molecule has 4 nitrogen and oxygen atoms in total. The molecule has 2 aliphatic rings. The zero-order valence-corrected chi connectivity index (χ0v) is 16.6. The smallest absolute Gasteiger partial charge is 0.223 e. The fraction of sp³-hybridized carbons (Fsp3) is 0.458. The monoisotopic (exact) mass is 379 g/mol. The van der Waals surface area contributed by atoms with Gasteiger partial charge in [0.05, 0.1) is 6.42 Å². The second-order valence-corrected chi connectivity index (χ2v) is 8.56. The summed E-state index contributed by atoms with van der Waals surface area (Å²) in [6.45, 7) is 2.51. The van der Waals surface area contributed by atoms with Crippen LogP contribution in [0.4, 0.5) is 0 Å². The zero-order chi connectivity index (χ0) is 19.5. The van der Waals surface area contributed by atoms with Gasteiger partial charge in [-0.1, -0.05) is 67.8 Å². The van der Waals surface area contributed by atoms with Crippen molar-refractivity contribution in [3.8, 4) is 11.1 Å². The van der Waals surface area contributed by atoms with Crippen molar-refractivity contribution in [2.24, 2.45) is 0 Å². The highest BCUT2D eigenvalue weighted by molar-refractivity contribution is 5.77. The molecule has 0 aromatic heterocycles. The van der Waals surface area contributed by atoms with E-state index in [1.54, 1.807) is 0 Å². The summed E-state index contributed by atoms with van der Waals surface area (Å²) in [4.78, 5) is 24.0. The highest BCUT2D eigenvalue weighted by atomic mass is 17.2. The Bertz CT molecular complexity index is 814. The number of amides is 1. The summed E-state index contributed by atoms with van der Waals surface area (Å²) in [6, 6.07) is 18.6. The van der Waals surface area contributed by atoms with Crippen molar-refractivity contribution in [1.82, 2.24) is 5.32 Å². The molecule has 4 heteroatoms. The molecule has 1 spiro atoms. The average molecular weight is 380 g/mol. The highest BCUT2D eigenvalue weighted by Crippen LogP contribution is 2.46. The van der Waals surface area contributed by atoms with Crippen LogP contribution >= 0.6 is 0 Å². The van der Waals surface area contributed by atoms with Gasteiger partial charge in [0.15, 0.2) is 0 Å². The lowest BCUT2D eigenvalue weighted by molar-refractivity contribution is -0.351. The lowest BCUT2D eigenvalue weighted by Gasteiger charge is -2.30. The van der Waals surface area contributed by atoms with Crippen molar-refractivity contribution >= 4 is 5.91 Å². The summed E-state index contributed by atoms with van der Waals surface area (Å²) in [6.07, 6.45) is 6.84. The quantitative estimate of drug-likeness (QED) is 0.729. The molecule has 1 saturated heterocycles. The fourth-order valence-corrected chi connectivity index (χ4v) is 4.57. The minimum atomic E-state index is -0.534. The number of nitrogens with one attached hydrogen (secondary N) is 1. The van der Waals surface area contributed by atoms with Crippen molar-refractivity contribution < 1.29 is 14.6 Å². The third-order valence-corrected chi connectivity index (χ3v) is 5.94. The number of hydrogen-bond acceptors (Lipinski definition) is 3. The Morgan fingerprint density at radius 3 is 2.50 bits per heavy atom. The molecule has 1 amide bonds. The second-order valence-electron chi connectivity index (χ2n) is 8.56. The van der Waals surface area contributed by atoms with Crippen LogP contribution in [0.1, 0.15) is 57.4 Å². The first kappa shape index (κ1) is 19.2. The molecule has 1 N–H and O–H groups in total. The lowest BCUT2D eigenvalue weighted by atomic mass is 9.77. The van der Waals surface area contributed by atoms with Crippen LogP contribution in [-0.4, -0.2) is 17.1 Å². The van der Waals surface area contributed by atoms with Crippen LogP contribution in [0.5, 0.6) is 0 Å². The van der Waals surface area contributed by atoms with Crippen LogP contribution < -0.4 is 5.32 Å². The molecular weight excluding hydrogens is 350 g/mol. The molecular formula is C24H29NO3. The standard InChI is InChI=1S/C24H29NO3/c1-23(18-24(28-27-23)13-6-3-7-14-24)16-22(26)25-17-19-9-8-12-21(15-19)20-10-4-2-5-11-20/h2,4-5,8-12,15H,3,6-7,13-14,16-18H2,1H3,(H,25,26). The summed E-state index contributed by atoms with van der Waals surface area (Å²) < 4.78 is 0. The Morgan fingerprint density at radius 2 is 1.71 bits per heavy atom. The molecule has 2 aromatic carbocycles. The maximum atomic E-state index is 12.6. The van der Waals surface area contributed by atoms with Crippen LogP contribution in [0.25, 0.3) is 11.1 Å². The summed E-state index contributed by atoms with van der Waals surface area (Å²) >= 11 is 0. The van der Waals surface area contributed by atoms with Crippen LogP contribution in [0.3, 0.4) is 0 Å². The molecule has 1 aliphatic heterocycles. The first-order chi connectivity index (χ1) is 13.6.